The topological polar surface area (TPSA) is 38.3 Å². The van der Waals surface area contributed by atoms with E-state index < -0.39 is 0 Å². The van der Waals surface area contributed by atoms with Crippen LogP contribution in [0.25, 0.3) is 0 Å². The van der Waals surface area contributed by atoms with Crippen molar-refractivity contribution in [1.82, 2.24) is 5.32 Å². The zero-order valence-corrected chi connectivity index (χ0v) is 11.6. The number of esters is 1. The van der Waals surface area contributed by atoms with Crippen LogP contribution in [0, 0.1) is 0 Å². The van der Waals surface area contributed by atoms with Gasteiger partial charge in [-0.25, -0.2) is 4.79 Å². The van der Waals surface area contributed by atoms with Crippen molar-refractivity contribution in [2.24, 2.45) is 0 Å². The van der Waals surface area contributed by atoms with E-state index in [9.17, 15) is 4.79 Å². The molecule has 0 bridgehead atoms. The summed E-state index contributed by atoms with van der Waals surface area (Å²) in [6.07, 6.45) is 6.13. The Morgan fingerprint density at radius 1 is 1.26 bits per heavy atom. The molecule has 0 heterocycles. The van der Waals surface area contributed by atoms with Gasteiger partial charge < -0.3 is 4.74 Å². The van der Waals surface area contributed by atoms with E-state index in [0.29, 0.717) is 12.6 Å². The summed E-state index contributed by atoms with van der Waals surface area (Å²) in [5, 5.41) is 3.48. The summed E-state index contributed by atoms with van der Waals surface area (Å²) >= 11 is 0. The summed E-state index contributed by atoms with van der Waals surface area (Å²) in [7, 11) is 0. The van der Waals surface area contributed by atoms with Crippen molar-refractivity contribution in [3.05, 3.63) is 35.9 Å². The Hall–Kier alpha value is -1.35. The number of benzene rings is 1. The lowest BCUT2D eigenvalue weighted by molar-refractivity contribution is -0.146. The van der Waals surface area contributed by atoms with Crippen LogP contribution >= 0.6 is 0 Å². The quantitative estimate of drug-likeness (QED) is 0.827. The van der Waals surface area contributed by atoms with Gasteiger partial charge in [-0.3, -0.25) is 5.32 Å². The standard InChI is InChI=1S/C16H23NO2/c1-2-19-16(18)15(13-9-5-3-6-10-13)17-14-11-7-4-8-12-14/h3,5-6,9-10,14-15,17H,2,4,7-8,11-12H2,1H3. The fourth-order valence-electron chi connectivity index (χ4n) is 2.68. The molecule has 0 aromatic heterocycles. The van der Waals surface area contributed by atoms with Crippen LogP contribution in [0.4, 0.5) is 0 Å². The molecule has 1 saturated carbocycles. The number of carbonyl (C=O) groups is 1. The average Bonchev–Trinajstić information content (AvgIpc) is 2.47. The Bertz CT molecular complexity index is 385. The molecule has 0 amide bonds. The minimum atomic E-state index is -0.329. The highest BCUT2D eigenvalue weighted by molar-refractivity contribution is 5.77. The Morgan fingerprint density at radius 3 is 2.58 bits per heavy atom. The molecule has 1 atom stereocenters. The van der Waals surface area contributed by atoms with E-state index in [-0.39, 0.29) is 12.0 Å². The Balaban J connectivity index is 2.07. The van der Waals surface area contributed by atoms with Crippen LogP contribution in [0.2, 0.25) is 0 Å². The molecule has 0 radical (unpaired) electrons. The lowest BCUT2D eigenvalue weighted by atomic mass is 9.94. The monoisotopic (exact) mass is 261 g/mol. The summed E-state index contributed by atoms with van der Waals surface area (Å²) in [6.45, 7) is 2.27. The van der Waals surface area contributed by atoms with Gasteiger partial charge in [-0.15, -0.1) is 0 Å². The van der Waals surface area contributed by atoms with Gasteiger partial charge in [0.1, 0.15) is 6.04 Å². The maximum absolute atomic E-state index is 12.1. The maximum Gasteiger partial charge on any atom is 0.327 e. The molecule has 1 N–H and O–H groups in total. The highest BCUT2D eigenvalue weighted by Gasteiger charge is 2.25. The van der Waals surface area contributed by atoms with Gasteiger partial charge in [0.25, 0.3) is 0 Å². The molecule has 1 aliphatic rings. The number of hydrogen-bond acceptors (Lipinski definition) is 3. The first-order chi connectivity index (χ1) is 9.31. The maximum atomic E-state index is 12.1. The second kappa shape index (κ2) is 7.29. The van der Waals surface area contributed by atoms with Crippen molar-refractivity contribution >= 4 is 5.97 Å². The number of carbonyl (C=O) groups excluding carboxylic acids is 1. The molecule has 1 aromatic carbocycles. The van der Waals surface area contributed by atoms with Crippen LogP contribution in [-0.2, 0) is 9.53 Å². The third kappa shape index (κ3) is 4.06. The van der Waals surface area contributed by atoms with Gasteiger partial charge in [0.15, 0.2) is 0 Å². The molecular weight excluding hydrogens is 238 g/mol. The predicted octanol–water partition coefficient (Wildman–Crippen LogP) is 3.21. The van der Waals surface area contributed by atoms with E-state index in [1.807, 2.05) is 37.3 Å². The van der Waals surface area contributed by atoms with Crippen LogP contribution in [0.5, 0.6) is 0 Å². The zero-order valence-electron chi connectivity index (χ0n) is 11.6. The third-order valence-corrected chi connectivity index (χ3v) is 3.66. The second-order valence-corrected chi connectivity index (χ2v) is 5.10. The molecule has 1 aromatic rings. The second-order valence-electron chi connectivity index (χ2n) is 5.10. The number of ether oxygens (including phenoxy) is 1. The molecule has 2 rings (SSSR count). The lowest BCUT2D eigenvalue weighted by Gasteiger charge is -2.27. The predicted molar refractivity (Wildman–Crippen MR) is 75.8 cm³/mol. The van der Waals surface area contributed by atoms with E-state index in [2.05, 4.69) is 5.32 Å². The molecule has 0 aliphatic heterocycles. The van der Waals surface area contributed by atoms with Crippen molar-refractivity contribution in [1.29, 1.82) is 0 Å². The van der Waals surface area contributed by atoms with E-state index >= 15 is 0 Å². The highest BCUT2D eigenvalue weighted by Crippen LogP contribution is 2.22. The highest BCUT2D eigenvalue weighted by atomic mass is 16.5. The number of nitrogens with one attached hydrogen (secondary N) is 1. The first kappa shape index (κ1) is 14.1. The van der Waals surface area contributed by atoms with Crippen molar-refractivity contribution in [3.63, 3.8) is 0 Å². The smallest absolute Gasteiger partial charge is 0.327 e. The van der Waals surface area contributed by atoms with E-state index in [0.717, 1.165) is 18.4 Å². The van der Waals surface area contributed by atoms with Crippen molar-refractivity contribution < 1.29 is 9.53 Å². The van der Waals surface area contributed by atoms with Crippen LogP contribution in [0.1, 0.15) is 50.6 Å². The summed E-state index contributed by atoms with van der Waals surface area (Å²) in [5.41, 5.74) is 0.992. The third-order valence-electron chi connectivity index (χ3n) is 3.66. The minimum absolute atomic E-state index is 0.167. The fourth-order valence-corrected chi connectivity index (χ4v) is 2.68. The van der Waals surface area contributed by atoms with Crippen LogP contribution in [0.3, 0.4) is 0 Å². The van der Waals surface area contributed by atoms with Crippen LogP contribution in [-0.4, -0.2) is 18.6 Å². The van der Waals surface area contributed by atoms with Gasteiger partial charge >= 0.3 is 5.97 Å². The molecule has 1 unspecified atom stereocenters. The summed E-state index contributed by atoms with van der Waals surface area (Å²) in [6, 6.07) is 9.96. The van der Waals surface area contributed by atoms with Gasteiger partial charge in [0.05, 0.1) is 6.61 Å². The molecule has 104 valence electrons. The Morgan fingerprint density at radius 2 is 1.95 bits per heavy atom. The molecule has 0 saturated heterocycles. The minimum Gasteiger partial charge on any atom is -0.465 e. The number of hydrogen-bond donors (Lipinski definition) is 1. The van der Waals surface area contributed by atoms with Crippen molar-refractivity contribution in [2.45, 2.75) is 51.1 Å². The van der Waals surface area contributed by atoms with Gasteiger partial charge in [0.2, 0.25) is 0 Å². The molecule has 0 spiro atoms. The van der Waals surface area contributed by atoms with E-state index in [1.54, 1.807) is 0 Å². The summed E-state index contributed by atoms with van der Waals surface area (Å²) in [5.74, 6) is -0.167. The molecule has 3 heteroatoms. The SMILES string of the molecule is CCOC(=O)C(NC1CCCCC1)c1ccccc1. The normalized spacial score (nSPS) is 17.9. The van der Waals surface area contributed by atoms with E-state index in [1.165, 1.54) is 19.3 Å². The molecular formula is C16H23NO2. The van der Waals surface area contributed by atoms with Gasteiger partial charge in [0, 0.05) is 6.04 Å². The fraction of sp³-hybridized carbons (Fsp3) is 0.562. The largest absolute Gasteiger partial charge is 0.465 e. The van der Waals surface area contributed by atoms with E-state index in [4.69, 9.17) is 4.74 Å². The summed E-state index contributed by atoms with van der Waals surface area (Å²) < 4.78 is 5.20. The van der Waals surface area contributed by atoms with Gasteiger partial charge in [-0.1, -0.05) is 49.6 Å². The first-order valence-electron chi connectivity index (χ1n) is 7.29. The van der Waals surface area contributed by atoms with Gasteiger partial charge in [-0.2, -0.15) is 0 Å². The first-order valence-corrected chi connectivity index (χ1v) is 7.29. The van der Waals surface area contributed by atoms with Gasteiger partial charge in [-0.05, 0) is 25.3 Å². The molecule has 1 fully saturated rings. The molecule has 3 nitrogen and oxygen atoms in total. The van der Waals surface area contributed by atoms with Crippen LogP contribution in [0.15, 0.2) is 30.3 Å². The Labute approximate surface area is 115 Å². The average molecular weight is 261 g/mol. The number of rotatable bonds is 5. The lowest BCUT2D eigenvalue weighted by Crippen LogP contribution is -2.39. The summed E-state index contributed by atoms with van der Waals surface area (Å²) in [4.78, 5) is 12.1. The zero-order chi connectivity index (χ0) is 13.5. The Kier molecular flexibility index (Phi) is 5.40. The molecule has 1 aliphatic carbocycles. The van der Waals surface area contributed by atoms with Crippen molar-refractivity contribution in [3.8, 4) is 0 Å². The van der Waals surface area contributed by atoms with Crippen LogP contribution < -0.4 is 5.32 Å². The van der Waals surface area contributed by atoms with Crippen molar-refractivity contribution in [2.75, 3.05) is 6.61 Å². The molecule has 19 heavy (non-hydrogen) atoms.